The summed E-state index contributed by atoms with van der Waals surface area (Å²) in [6.45, 7) is 4.09. The summed E-state index contributed by atoms with van der Waals surface area (Å²) < 4.78 is 10.6. The molecule has 1 aliphatic carbocycles. The summed E-state index contributed by atoms with van der Waals surface area (Å²) in [4.78, 5) is 25.5. The van der Waals surface area contributed by atoms with E-state index in [1.165, 1.54) is 0 Å². The van der Waals surface area contributed by atoms with Crippen molar-refractivity contribution in [2.24, 2.45) is 0 Å². The minimum Gasteiger partial charge on any atom is -0.497 e. The summed E-state index contributed by atoms with van der Waals surface area (Å²) in [6.07, 6.45) is 2.86. The molecule has 1 heterocycles. The number of allylic oxidation sites excluding steroid dienone is 3. The van der Waals surface area contributed by atoms with Gasteiger partial charge in [0, 0.05) is 29.3 Å². The van der Waals surface area contributed by atoms with Gasteiger partial charge in [0.25, 0.3) is 0 Å². The number of ether oxygens (including phenoxy) is 2. The summed E-state index contributed by atoms with van der Waals surface area (Å²) >= 11 is 0. The van der Waals surface area contributed by atoms with Crippen LogP contribution < -0.4 is 10.1 Å². The highest BCUT2D eigenvalue weighted by Gasteiger charge is 2.39. The Morgan fingerprint density at radius 3 is 2.54 bits per heavy atom. The Morgan fingerprint density at radius 2 is 1.92 bits per heavy atom. The number of ketones is 1. The van der Waals surface area contributed by atoms with Crippen LogP contribution in [0.1, 0.15) is 51.0 Å². The van der Waals surface area contributed by atoms with Crippen LogP contribution in [-0.2, 0) is 14.3 Å². The third-order valence-corrected chi connectivity index (χ3v) is 4.96. The van der Waals surface area contributed by atoms with E-state index in [0.29, 0.717) is 30.6 Å². The minimum atomic E-state index is -0.390. The summed E-state index contributed by atoms with van der Waals surface area (Å²) in [6, 6.07) is 7.57. The predicted octanol–water partition coefficient (Wildman–Crippen LogP) is 3.62. The smallest absolute Gasteiger partial charge is 0.336 e. The number of hydrogen-bond acceptors (Lipinski definition) is 5. The second-order valence-corrected chi connectivity index (χ2v) is 6.47. The Labute approximate surface area is 154 Å². The fourth-order valence-corrected chi connectivity index (χ4v) is 3.75. The average Bonchev–Trinajstić information content (AvgIpc) is 2.67. The molecule has 0 amide bonds. The van der Waals surface area contributed by atoms with Crippen LogP contribution in [0.4, 0.5) is 0 Å². The number of benzene rings is 1. The Balaban J connectivity index is 2.16. The van der Waals surface area contributed by atoms with Crippen LogP contribution in [0.5, 0.6) is 5.75 Å². The van der Waals surface area contributed by atoms with E-state index >= 15 is 0 Å². The molecule has 0 bridgehead atoms. The maximum atomic E-state index is 12.8. The molecule has 138 valence electrons. The molecule has 1 aliphatic heterocycles. The van der Waals surface area contributed by atoms with Gasteiger partial charge in [-0.25, -0.2) is 4.79 Å². The molecule has 5 nitrogen and oxygen atoms in total. The van der Waals surface area contributed by atoms with Crippen molar-refractivity contribution in [1.82, 2.24) is 5.32 Å². The number of nitrogens with one attached hydrogen (secondary N) is 1. The molecule has 0 spiro atoms. The molecule has 26 heavy (non-hydrogen) atoms. The van der Waals surface area contributed by atoms with Crippen LogP contribution in [-0.4, -0.2) is 25.5 Å². The lowest BCUT2D eigenvalue weighted by molar-refractivity contribution is -0.138. The van der Waals surface area contributed by atoms with Crippen molar-refractivity contribution < 1.29 is 19.1 Å². The lowest BCUT2D eigenvalue weighted by atomic mass is 9.75. The van der Waals surface area contributed by atoms with Crippen LogP contribution >= 0.6 is 0 Å². The SMILES string of the molecule is CCOC(=O)C1=C(CC)NC2=C(C(=O)CCC2)[C@H]1c1ccc(OC)cc1. The van der Waals surface area contributed by atoms with E-state index in [1.807, 2.05) is 31.2 Å². The van der Waals surface area contributed by atoms with E-state index in [0.717, 1.165) is 35.5 Å². The topological polar surface area (TPSA) is 64.6 Å². The fourth-order valence-electron chi connectivity index (χ4n) is 3.75. The van der Waals surface area contributed by atoms with Crippen LogP contribution in [0.15, 0.2) is 46.8 Å². The molecular weight excluding hydrogens is 330 g/mol. The van der Waals surface area contributed by atoms with Gasteiger partial charge in [-0.1, -0.05) is 19.1 Å². The van der Waals surface area contributed by atoms with E-state index in [4.69, 9.17) is 9.47 Å². The lowest BCUT2D eigenvalue weighted by Crippen LogP contribution is -2.35. The van der Waals surface area contributed by atoms with Gasteiger partial charge < -0.3 is 14.8 Å². The third kappa shape index (κ3) is 3.26. The number of hydrogen-bond donors (Lipinski definition) is 1. The molecule has 0 fully saturated rings. The highest BCUT2D eigenvalue weighted by Crippen LogP contribution is 2.43. The zero-order chi connectivity index (χ0) is 18.7. The van der Waals surface area contributed by atoms with E-state index in [2.05, 4.69) is 5.32 Å². The highest BCUT2D eigenvalue weighted by molar-refractivity contribution is 6.03. The number of methoxy groups -OCH3 is 1. The van der Waals surface area contributed by atoms with Crippen molar-refractivity contribution in [3.8, 4) is 5.75 Å². The Hall–Kier alpha value is -2.56. The minimum absolute atomic E-state index is 0.108. The highest BCUT2D eigenvalue weighted by atomic mass is 16.5. The first kappa shape index (κ1) is 18.2. The van der Waals surface area contributed by atoms with Gasteiger partial charge in [-0.3, -0.25) is 4.79 Å². The van der Waals surface area contributed by atoms with E-state index in [9.17, 15) is 9.59 Å². The summed E-state index contributed by atoms with van der Waals surface area (Å²) in [5.74, 6) is 0.0994. The summed E-state index contributed by atoms with van der Waals surface area (Å²) in [7, 11) is 1.62. The number of rotatable bonds is 5. The molecule has 0 radical (unpaired) electrons. The molecule has 0 saturated carbocycles. The quantitative estimate of drug-likeness (QED) is 0.818. The van der Waals surface area contributed by atoms with Crippen molar-refractivity contribution >= 4 is 11.8 Å². The van der Waals surface area contributed by atoms with E-state index in [1.54, 1.807) is 14.0 Å². The van der Waals surface area contributed by atoms with Gasteiger partial charge in [0.05, 0.1) is 19.3 Å². The molecule has 1 aromatic carbocycles. The van der Waals surface area contributed by atoms with Gasteiger partial charge >= 0.3 is 5.97 Å². The van der Waals surface area contributed by atoms with Gasteiger partial charge in [-0.2, -0.15) is 0 Å². The van der Waals surface area contributed by atoms with Crippen molar-refractivity contribution in [3.63, 3.8) is 0 Å². The first-order valence-corrected chi connectivity index (χ1v) is 9.18. The molecule has 3 rings (SSSR count). The summed E-state index contributed by atoms with van der Waals surface area (Å²) in [5.41, 5.74) is 3.96. The number of carbonyl (C=O) groups is 2. The molecule has 1 aromatic rings. The van der Waals surface area contributed by atoms with Gasteiger partial charge in [0.15, 0.2) is 5.78 Å². The fraction of sp³-hybridized carbons (Fsp3) is 0.429. The Morgan fingerprint density at radius 1 is 1.19 bits per heavy atom. The van der Waals surface area contributed by atoms with Crippen LogP contribution in [0.2, 0.25) is 0 Å². The monoisotopic (exact) mass is 355 g/mol. The molecule has 0 saturated heterocycles. The Kier molecular flexibility index (Phi) is 5.45. The first-order chi connectivity index (χ1) is 12.6. The van der Waals surface area contributed by atoms with Crippen LogP contribution in [0.3, 0.4) is 0 Å². The zero-order valence-corrected chi connectivity index (χ0v) is 15.6. The molecule has 2 aliphatic rings. The normalized spacial score (nSPS) is 19.8. The second-order valence-electron chi connectivity index (χ2n) is 6.47. The first-order valence-electron chi connectivity index (χ1n) is 9.18. The van der Waals surface area contributed by atoms with Crippen molar-refractivity contribution in [2.45, 2.75) is 45.4 Å². The number of Topliss-reactive ketones (excluding diaryl/α,β-unsaturated/α-hetero) is 1. The average molecular weight is 355 g/mol. The standard InChI is InChI=1S/C21H25NO4/c1-4-15-20(21(24)26-5-2)18(13-9-11-14(25-3)12-10-13)19-16(22-15)7-6-8-17(19)23/h9-12,18,22H,4-8H2,1-3H3/t18-/m1/s1. The second kappa shape index (κ2) is 7.77. The largest absolute Gasteiger partial charge is 0.497 e. The molecular formula is C21H25NO4. The maximum absolute atomic E-state index is 12.8. The van der Waals surface area contributed by atoms with Gasteiger partial charge in [0.2, 0.25) is 0 Å². The number of dihydropyridines is 1. The lowest BCUT2D eigenvalue weighted by Gasteiger charge is -2.34. The molecule has 0 aromatic heterocycles. The van der Waals surface area contributed by atoms with Crippen molar-refractivity contribution in [1.29, 1.82) is 0 Å². The van der Waals surface area contributed by atoms with Crippen LogP contribution in [0, 0.1) is 0 Å². The molecule has 1 N–H and O–H groups in total. The molecule has 0 unspecified atom stereocenters. The van der Waals surface area contributed by atoms with Gasteiger partial charge in [-0.05, 0) is 43.9 Å². The Bertz CT molecular complexity index is 774. The van der Waals surface area contributed by atoms with Gasteiger partial charge in [-0.15, -0.1) is 0 Å². The third-order valence-electron chi connectivity index (χ3n) is 4.96. The maximum Gasteiger partial charge on any atom is 0.336 e. The van der Waals surface area contributed by atoms with Crippen LogP contribution in [0.25, 0.3) is 0 Å². The van der Waals surface area contributed by atoms with E-state index < -0.39 is 0 Å². The molecule has 5 heteroatoms. The van der Waals surface area contributed by atoms with Gasteiger partial charge in [0.1, 0.15) is 5.75 Å². The summed E-state index contributed by atoms with van der Waals surface area (Å²) in [5, 5.41) is 3.36. The number of esters is 1. The van der Waals surface area contributed by atoms with Crippen molar-refractivity contribution in [2.75, 3.05) is 13.7 Å². The zero-order valence-electron chi connectivity index (χ0n) is 15.6. The van der Waals surface area contributed by atoms with E-state index in [-0.39, 0.29) is 17.7 Å². The number of carbonyl (C=O) groups excluding carboxylic acids is 2. The van der Waals surface area contributed by atoms with Crippen molar-refractivity contribution in [3.05, 3.63) is 52.4 Å². The molecule has 1 atom stereocenters. The predicted molar refractivity (Wildman–Crippen MR) is 98.7 cm³/mol.